The summed E-state index contributed by atoms with van der Waals surface area (Å²) in [4.78, 5) is 18.0. The van der Waals surface area contributed by atoms with Crippen LogP contribution in [0.5, 0.6) is 0 Å². The number of carbonyl (C=O) groups is 1. The number of aldehydes is 1. The molecule has 0 saturated carbocycles. The van der Waals surface area contributed by atoms with E-state index in [0.29, 0.717) is 5.56 Å². The molecule has 0 bridgehead atoms. The zero-order valence-corrected chi connectivity index (χ0v) is 10.1. The van der Waals surface area contributed by atoms with Crippen molar-refractivity contribution in [3.8, 4) is 0 Å². The van der Waals surface area contributed by atoms with Crippen LogP contribution >= 0.6 is 0 Å². The second-order valence-electron chi connectivity index (χ2n) is 4.45. The van der Waals surface area contributed by atoms with E-state index in [2.05, 4.69) is 15.2 Å². The van der Waals surface area contributed by atoms with Gasteiger partial charge >= 0.3 is 0 Å². The van der Waals surface area contributed by atoms with Crippen LogP contribution in [-0.2, 0) is 0 Å². The quantitative estimate of drug-likeness (QED) is 0.808. The molecule has 2 heterocycles. The van der Waals surface area contributed by atoms with E-state index in [1.54, 1.807) is 0 Å². The molecule has 1 aromatic carbocycles. The van der Waals surface area contributed by atoms with Crippen LogP contribution in [0, 0.1) is 0 Å². The Morgan fingerprint density at radius 1 is 1.22 bits per heavy atom. The highest BCUT2D eigenvalue weighted by Gasteiger charge is 2.16. The second-order valence-corrected chi connectivity index (χ2v) is 4.45. The minimum atomic E-state index is 0.676. The highest BCUT2D eigenvalue weighted by Crippen LogP contribution is 2.22. The molecule has 2 aromatic rings. The molecule has 0 radical (unpaired) electrons. The SMILES string of the molecule is O=Cc1cc2ccccc2nc1N1CCNCC1. The number of hydrogen-bond donors (Lipinski definition) is 1. The number of hydrogen-bond acceptors (Lipinski definition) is 4. The normalized spacial score (nSPS) is 15.9. The topological polar surface area (TPSA) is 45.2 Å². The first-order valence-corrected chi connectivity index (χ1v) is 6.19. The number of para-hydroxylation sites is 1. The number of nitrogens with zero attached hydrogens (tertiary/aromatic N) is 2. The summed E-state index contributed by atoms with van der Waals surface area (Å²) in [7, 11) is 0. The lowest BCUT2D eigenvalue weighted by atomic mass is 10.1. The van der Waals surface area contributed by atoms with Gasteiger partial charge in [0.2, 0.25) is 0 Å². The minimum absolute atomic E-state index is 0.676. The van der Waals surface area contributed by atoms with Gasteiger partial charge in [-0.05, 0) is 12.1 Å². The van der Waals surface area contributed by atoms with E-state index in [0.717, 1.165) is 49.2 Å². The van der Waals surface area contributed by atoms with Gasteiger partial charge in [0, 0.05) is 31.6 Å². The highest BCUT2D eigenvalue weighted by atomic mass is 16.1. The van der Waals surface area contributed by atoms with Gasteiger partial charge in [-0.15, -0.1) is 0 Å². The second kappa shape index (κ2) is 4.74. The van der Waals surface area contributed by atoms with E-state index in [1.165, 1.54) is 0 Å². The molecule has 1 saturated heterocycles. The van der Waals surface area contributed by atoms with E-state index in [1.807, 2.05) is 30.3 Å². The molecule has 4 nitrogen and oxygen atoms in total. The number of aromatic nitrogens is 1. The van der Waals surface area contributed by atoms with Crippen LogP contribution < -0.4 is 10.2 Å². The lowest BCUT2D eigenvalue weighted by Gasteiger charge is -2.29. The van der Waals surface area contributed by atoms with Crippen molar-refractivity contribution in [3.63, 3.8) is 0 Å². The van der Waals surface area contributed by atoms with Crippen molar-refractivity contribution in [2.45, 2.75) is 0 Å². The number of rotatable bonds is 2. The average Bonchev–Trinajstić information content (AvgIpc) is 2.46. The van der Waals surface area contributed by atoms with Crippen LogP contribution in [0.2, 0.25) is 0 Å². The van der Waals surface area contributed by atoms with Crippen molar-refractivity contribution in [2.24, 2.45) is 0 Å². The number of fused-ring (bicyclic) bond motifs is 1. The van der Waals surface area contributed by atoms with Crippen molar-refractivity contribution >= 4 is 23.0 Å². The molecule has 92 valence electrons. The van der Waals surface area contributed by atoms with Crippen LogP contribution in [0.25, 0.3) is 10.9 Å². The number of carbonyl (C=O) groups excluding carboxylic acids is 1. The predicted molar refractivity (Wildman–Crippen MR) is 72.2 cm³/mol. The van der Waals surface area contributed by atoms with Gasteiger partial charge in [0.1, 0.15) is 5.82 Å². The molecule has 0 aliphatic carbocycles. The Labute approximate surface area is 106 Å². The molecule has 0 atom stereocenters. The summed E-state index contributed by atoms with van der Waals surface area (Å²) in [5, 5.41) is 4.31. The zero-order valence-electron chi connectivity index (χ0n) is 10.1. The lowest BCUT2D eigenvalue weighted by Crippen LogP contribution is -2.44. The van der Waals surface area contributed by atoms with E-state index < -0.39 is 0 Å². The standard InChI is InChI=1S/C14H15N3O/c18-10-12-9-11-3-1-2-4-13(11)16-14(12)17-7-5-15-6-8-17/h1-4,9-10,15H,5-8H2. The fraction of sp³-hybridized carbons (Fsp3) is 0.286. The lowest BCUT2D eigenvalue weighted by molar-refractivity contribution is 0.112. The van der Waals surface area contributed by atoms with Crippen molar-refractivity contribution in [1.29, 1.82) is 0 Å². The van der Waals surface area contributed by atoms with E-state index in [4.69, 9.17) is 0 Å². The molecule has 0 spiro atoms. The molecule has 1 N–H and O–H groups in total. The predicted octanol–water partition coefficient (Wildman–Crippen LogP) is 1.46. The largest absolute Gasteiger partial charge is 0.353 e. The molecule has 18 heavy (non-hydrogen) atoms. The Morgan fingerprint density at radius 3 is 2.78 bits per heavy atom. The van der Waals surface area contributed by atoms with Crippen LogP contribution in [0.15, 0.2) is 30.3 Å². The number of piperazine rings is 1. The Bertz CT molecular complexity index is 576. The molecule has 3 rings (SSSR count). The maximum Gasteiger partial charge on any atom is 0.153 e. The Kier molecular flexibility index (Phi) is 2.94. The molecular weight excluding hydrogens is 226 g/mol. The fourth-order valence-corrected chi connectivity index (χ4v) is 2.34. The smallest absolute Gasteiger partial charge is 0.153 e. The number of nitrogens with one attached hydrogen (secondary N) is 1. The molecule has 1 aromatic heterocycles. The van der Waals surface area contributed by atoms with Gasteiger partial charge < -0.3 is 10.2 Å². The summed E-state index contributed by atoms with van der Waals surface area (Å²) >= 11 is 0. The van der Waals surface area contributed by atoms with Crippen molar-refractivity contribution in [1.82, 2.24) is 10.3 Å². The molecular formula is C14H15N3O. The Morgan fingerprint density at radius 2 is 2.00 bits per heavy atom. The first-order valence-electron chi connectivity index (χ1n) is 6.19. The summed E-state index contributed by atoms with van der Waals surface area (Å²) in [6.45, 7) is 3.66. The summed E-state index contributed by atoms with van der Waals surface area (Å²) in [5.74, 6) is 0.810. The molecule has 1 aliphatic rings. The molecule has 4 heteroatoms. The first kappa shape index (κ1) is 11.2. The zero-order chi connectivity index (χ0) is 12.4. The van der Waals surface area contributed by atoms with Gasteiger partial charge in [-0.2, -0.15) is 0 Å². The maximum absolute atomic E-state index is 11.2. The molecule has 0 amide bonds. The summed E-state index contributed by atoms with van der Waals surface area (Å²) in [6, 6.07) is 9.82. The Balaban J connectivity index is 2.10. The molecule has 1 fully saturated rings. The van der Waals surface area contributed by atoms with Crippen LogP contribution in [0.4, 0.5) is 5.82 Å². The third-order valence-corrected chi connectivity index (χ3v) is 3.28. The van der Waals surface area contributed by atoms with Crippen LogP contribution in [0.1, 0.15) is 10.4 Å². The summed E-state index contributed by atoms with van der Waals surface area (Å²) in [6.07, 6.45) is 0.900. The fourth-order valence-electron chi connectivity index (χ4n) is 2.34. The average molecular weight is 241 g/mol. The molecule has 0 unspecified atom stereocenters. The number of pyridine rings is 1. The third-order valence-electron chi connectivity index (χ3n) is 3.28. The first-order chi connectivity index (χ1) is 8.88. The van der Waals surface area contributed by atoms with Crippen molar-refractivity contribution < 1.29 is 4.79 Å². The maximum atomic E-state index is 11.2. The van der Waals surface area contributed by atoms with Crippen LogP contribution in [-0.4, -0.2) is 37.4 Å². The Hall–Kier alpha value is -1.94. The van der Waals surface area contributed by atoms with Gasteiger partial charge in [0.15, 0.2) is 6.29 Å². The van der Waals surface area contributed by atoms with Gasteiger partial charge in [-0.25, -0.2) is 4.98 Å². The van der Waals surface area contributed by atoms with Gasteiger partial charge in [0.05, 0.1) is 11.1 Å². The van der Waals surface area contributed by atoms with Crippen LogP contribution in [0.3, 0.4) is 0 Å². The monoisotopic (exact) mass is 241 g/mol. The van der Waals surface area contributed by atoms with Gasteiger partial charge in [-0.1, -0.05) is 18.2 Å². The van der Waals surface area contributed by atoms with E-state index in [9.17, 15) is 4.79 Å². The summed E-state index contributed by atoms with van der Waals surface area (Å²) in [5.41, 5.74) is 1.62. The number of anilines is 1. The number of benzene rings is 1. The van der Waals surface area contributed by atoms with Gasteiger partial charge in [-0.3, -0.25) is 4.79 Å². The van der Waals surface area contributed by atoms with Crippen molar-refractivity contribution in [3.05, 3.63) is 35.9 Å². The van der Waals surface area contributed by atoms with E-state index in [-0.39, 0.29) is 0 Å². The summed E-state index contributed by atoms with van der Waals surface area (Å²) < 4.78 is 0. The minimum Gasteiger partial charge on any atom is -0.353 e. The van der Waals surface area contributed by atoms with E-state index >= 15 is 0 Å². The van der Waals surface area contributed by atoms with Gasteiger partial charge in [0.25, 0.3) is 0 Å². The third kappa shape index (κ3) is 1.95. The highest BCUT2D eigenvalue weighted by molar-refractivity contribution is 5.91. The molecule has 1 aliphatic heterocycles. The van der Waals surface area contributed by atoms with Crippen molar-refractivity contribution in [2.75, 3.05) is 31.1 Å².